The van der Waals surface area contributed by atoms with Crippen molar-refractivity contribution in [2.24, 2.45) is 0 Å². The minimum absolute atomic E-state index is 0.212. The maximum atomic E-state index is 10.7. The van der Waals surface area contributed by atoms with Gasteiger partial charge in [0.05, 0.1) is 12.9 Å². The summed E-state index contributed by atoms with van der Waals surface area (Å²) in [5.74, 6) is 0. The van der Waals surface area contributed by atoms with E-state index in [1.165, 1.54) is 0 Å². The molecule has 0 aliphatic heterocycles. The van der Waals surface area contributed by atoms with Crippen molar-refractivity contribution in [1.82, 2.24) is 0 Å². The molecule has 0 atom stereocenters. The van der Waals surface area contributed by atoms with Crippen molar-refractivity contribution in [3.8, 4) is 0 Å². The van der Waals surface area contributed by atoms with Gasteiger partial charge < -0.3 is 5.11 Å². The van der Waals surface area contributed by atoms with E-state index in [1.54, 1.807) is 0 Å². The number of aliphatic hydroxyl groups excluding tert-OH is 1. The van der Waals surface area contributed by atoms with Crippen LogP contribution in [0.3, 0.4) is 0 Å². The zero-order chi connectivity index (χ0) is 4.12. The molecule has 0 bridgehead atoms. The highest BCUT2D eigenvalue weighted by molar-refractivity contribution is 4.68. The first kappa shape index (κ1) is 4.63. The molecule has 0 aromatic rings. The predicted molar refractivity (Wildman–Crippen MR) is 17.3 cm³/mol. The minimum atomic E-state index is -0.212. The van der Waals surface area contributed by atoms with Gasteiger partial charge in [0.2, 0.25) is 0 Å². The number of aliphatic hydroxyl groups is 1. The van der Waals surface area contributed by atoms with Crippen molar-refractivity contribution in [3.05, 3.63) is 12.4 Å². The molecule has 0 radical (unpaired) electrons. The summed E-state index contributed by atoms with van der Waals surface area (Å²) in [6.45, 7) is -0.212. The quantitative estimate of drug-likeness (QED) is 0.481. The number of hydrogen-bond acceptors (Lipinski definition) is 1. The second kappa shape index (κ2) is 3.63. The van der Waals surface area contributed by atoms with Gasteiger partial charge in [0, 0.05) is 0 Å². The Kier molecular flexibility index (Phi) is 3.36. The summed E-state index contributed by atoms with van der Waals surface area (Å²) in [6, 6.07) is 0. The molecule has 0 unspecified atom stereocenters. The van der Waals surface area contributed by atoms with Gasteiger partial charge in [-0.2, -0.15) is 0 Å². The van der Waals surface area contributed by atoms with E-state index in [9.17, 15) is 4.39 Å². The molecule has 0 aliphatic rings. The van der Waals surface area contributed by atoms with E-state index < -0.39 is 0 Å². The van der Waals surface area contributed by atoms with E-state index in [2.05, 4.69) is 0 Å². The van der Waals surface area contributed by atoms with Crippen LogP contribution in [0, 0.1) is 0 Å². The third-order valence-corrected chi connectivity index (χ3v) is 0.194. The Balaban J connectivity index is 2.62. The second-order valence-corrected chi connectivity index (χ2v) is 0.544. The summed E-state index contributed by atoms with van der Waals surface area (Å²) >= 11 is 0. The van der Waals surface area contributed by atoms with E-state index in [4.69, 9.17) is 5.11 Å². The fraction of sp³-hybridized carbons (Fsp3) is 0.333. The SMILES string of the molecule is OC/C=C/F. The first-order valence-corrected chi connectivity index (χ1v) is 1.28. The van der Waals surface area contributed by atoms with Crippen LogP contribution in [-0.2, 0) is 0 Å². The van der Waals surface area contributed by atoms with Crippen molar-refractivity contribution >= 4 is 0 Å². The molecule has 0 aromatic carbocycles. The third kappa shape index (κ3) is 3.63. The number of hydrogen-bond donors (Lipinski definition) is 1. The number of halogens is 1. The van der Waals surface area contributed by atoms with E-state index in [-0.39, 0.29) is 6.61 Å². The summed E-state index contributed by atoms with van der Waals surface area (Å²) < 4.78 is 10.7. The summed E-state index contributed by atoms with van der Waals surface area (Å²) in [7, 11) is 0. The van der Waals surface area contributed by atoms with Gasteiger partial charge in [-0.15, -0.1) is 0 Å². The van der Waals surface area contributed by atoms with Crippen molar-refractivity contribution in [2.75, 3.05) is 6.61 Å². The van der Waals surface area contributed by atoms with Gasteiger partial charge in [0.1, 0.15) is 0 Å². The normalized spacial score (nSPS) is 10.0. The molecular weight excluding hydrogens is 71.0 g/mol. The van der Waals surface area contributed by atoms with Crippen LogP contribution in [0.1, 0.15) is 0 Å². The molecule has 0 amide bonds. The lowest BCUT2D eigenvalue weighted by Gasteiger charge is -1.64. The van der Waals surface area contributed by atoms with Crippen LogP contribution in [0.25, 0.3) is 0 Å². The lowest BCUT2D eigenvalue weighted by Crippen LogP contribution is -1.64. The van der Waals surface area contributed by atoms with Crippen LogP contribution in [0.5, 0.6) is 0 Å². The average Bonchev–Trinajstić information content (AvgIpc) is 1.41. The molecule has 0 spiro atoms. The van der Waals surface area contributed by atoms with Crippen molar-refractivity contribution in [1.29, 1.82) is 0 Å². The zero-order valence-corrected chi connectivity index (χ0v) is 2.69. The van der Waals surface area contributed by atoms with Gasteiger partial charge in [0.25, 0.3) is 0 Å². The third-order valence-electron chi connectivity index (χ3n) is 0.194. The topological polar surface area (TPSA) is 20.2 Å². The van der Waals surface area contributed by atoms with Gasteiger partial charge in [-0.3, -0.25) is 0 Å². The Hall–Kier alpha value is -0.370. The van der Waals surface area contributed by atoms with Crippen LogP contribution in [0.2, 0.25) is 0 Å². The van der Waals surface area contributed by atoms with Crippen LogP contribution in [-0.4, -0.2) is 11.7 Å². The number of rotatable bonds is 1. The fourth-order valence-corrected chi connectivity index (χ4v) is 0.0398. The van der Waals surface area contributed by atoms with Gasteiger partial charge in [0.15, 0.2) is 0 Å². The zero-order valence-electron chi connectivity index (χ0n) is 2.69. The summed E-state index contributed by atoms with van der Waals surface area (Å²) in [5.41, 5.74) is 0. The molecule has 0 rings (SSSR count). The highest BCUT2D eigenvalue weighted by Gasteiger charge is 1.55. The Bertz CT molecular complexity index is 33.9. The van der Waals surface area contributed by atoms with Crippen LogP contribution in [0.15, 0.2) is 12.4 Å². The molecule has 2 heteroatoms. The molecule has 0 aliphatic carbocycles. The van der Waals surface area contributed by atoms with E-state index in [0.717, 1.165) is 6.08 Å². The smallest absolute Gasteiger partial charge is 0.0849 e. The van der Waals surface area contributed by atoms with E-state index in [1.807, 2.05) is 0 Å². The molecule has 0 saturated carbocycles. The Labute approximate surface area is 29.7 Å². The Morgan fingerprint density at radius 2 is 2.40 bits per heavy atom. The molecule has 0 fully saturated rings. The molecular formula is C3H5FO. The molecule has 30 valence electrons. The summed E-state index contributed by atoms with van der Waals surface area (Å²) in [4.78, 5) is 0. The Morgan fingerprint density at radius 1 is 1.80 bits per heavy atom. The van der Waals surface area contributed by atoms with Gasteiger partial charge in [-0.1, -0.05) is 0 Å². The maximum absolute atomic E-state index is 10.7. The monoisotopic (exact) mass is 76.0 g/mol. The van der Waals surface area contributed by atoms with Gasteiger partial charge >= 0.3 is 0 Å². The predicted octanol–water partition coefficient (Wildman–Crippen LogP) is 0.462. The van der Waals surface area contributed by atoms with E-state index in [0.29, 0.717) is 6.33 Å². The summed E-state index contributed by atoms with van der Waals surface area (Å²) in [6.07, 6.45) is 1.32. The van der Waals surface area contributed by atoms with Gasteiger partial charge in [-0.25, -0.2) is 4.39 Å². The first-order chi connectivity index (χ1) is 2.41. The highest BCUT2D eigenvalue weighted by Crippen LogP contribution is 1.65. The highest BCUT2D eigenvalue weighted by atomic mass is 19.1. The van der Waals surface area contributed by atoms with Crippen LogP contribution >= 0.6 is 0 Å². The fourth-order valence-electron chi connectivity index (χ4n) is 0.0398. The molecule has 1 nitrogen and oxygen atoms in total. The minimum Gasteiger partial charge on any atom is -0.392 e. The maximum Gasteiger partial charge on any atom is 0.0849 e. The van der Waals surface area contributed by atoms with Crippen molar-refractivity contribution in [2.45, 2.75) is 0 Å². The van der Waals surface area contributed by atoms with Crippen LogP contribution < -0.4 is 0 Å². The first-order valence-electron chi connectivity index (χ1n) is 1.28. The van der Waals surface area contributed by atoms with E-state index >= 15 is 0 Å². The standard InChI is InChI=1S/C3H5FO/c4-2-1-3-5/h1-2,5H,3H2/b2-1+. The molecule has 0 heterocycles. The van der Waals surface area contributed by atoms with Crippen molar-refractivity contribution in [3.63, 3.8) is 0 Å². The molecule has 0 saturated heterocycles. The van der Waals surface area contributed by atoms with Gasteiger partial charge in [-0.05, 0) is 6.08 Å². The lowest BCUT2D eigenvalue weighted by molar-refractivity contribution is 0.341. The van der Waals surface area contributed by atoms with Crippen molar-refractivity contribution < 1.29 is 9.50 Å². The average molecular weight is 76.1 g/mol. The van der Waals surface area contributed by atoms with Crippen LogP contribution in [0.4, 0.5) is 4.39 Å². The second-order valence-electron chi connectivity index (χ2n) is 0.544. The summed E-state index contributed by atoms with van der Waals surface area (Å²) in [5, 5.41) is 7.74. The largest absolute Gasteiger partial charge is 0.392 e. The molecule has 0 aromatic heterocycles. The Morgan fingerprint density at radius 3 is 2.40 bits per heavy atom. The molecule has 5 heavy (non-hydrogen) atoms. The lowest BCUT2D eigenvalue weighted by atomic mass is 10.7. The molecule has 1 N–H and O–H groups in total.